The van der Waals surface area contributed by atoms with Gasteiger partial charge >= 0.3 is 5.97 Å². The van der Waals surface area contributed by atoms with Gasteiger partial charge in [-0.25, -0.2) is 4.98 Å². The van der Waals surface area contributed by atoms with Gasteiger partial charge in [-0.05, 0) is 38.2 Å². The molecule has 0 aliphatic carbocycles. The van der Waals surface area contributed by atoms with Crippen LogP contribution in [0.4, 0.5) is 0 Å². The van der Waals surface area contributed by atoms with Crippen LogP contribution in [0, 0.1) is 0 Å². The number of hydrogen-bond donors (Lipinski definition) is 4. The van der Waals surface area contributed by atoms with Crippen LogP contribution in [-0.4, -0.2) is 76.6 Å². The normalized spacial score (nSPS) is 15.2. The van der Waals surface area contributed by atoms with Crippen molar-refractivity contribution in [2.75, 3.05) is 26.8 Å². The summed E-state index contributed by atoms with van der Waals surface area (Å²) in [6, 6.07) is 4.95. The molecule has 4 rings (SSSR count). The zero-order chi connectivity index (χ0) is 25.8. The molecule has 10 nitrogen and oxygen atoms in total. The molecule has 2 atom stereocenters. The number of aromatic amines is 1. The lowest BCUT2D eigenvalue weighted by Crippen LogP contribution is -2.54. The molecular formula is C24H28ClN5O5S. The zero-order valence-corrected chi connectivity index (χ0v) is 21.5. The third kappa shape index (κ3) is 6.04. The number of rotatable bonds is 9. The fraction of sp³-hybridized carbons (Fsp3) is 0.417. The van der Waals surface area contributed by atoms with Gasteiger partial charge in [-0.15, -0.1) is 11.3 Å². The molecule has 3 heterocycles. The van der Waals surface area contributed by atoms with Crippen molar-refractivity contribution in [3.63, 3.8) is 0 Å². The van der Waals surface area contributed by atoms with E-state index in [1.165, 1.54) is 11.3 Å². The number of esters is 1. The average molecular weight is 534 g/mol. The highest BCUT2D eigenvalue weighted by atomic mass is 35.5. The number of carbonyl (C=O) groups is 3. The number of aromatic nitrogens is 2. The van der Waals surface area contributed by atoms with Gasteiger partial charge in [0.25, 0.3) is 11.8 Å². The van der Waals surface area contributed by atoms with Gasteiger partial charge < -0.3 is 30.4 Å². The number of carbonyl (C=O) groups excluding carboxylic acids is 3. The lowest BCUT2D eigenvalue weighted by atomic mass is 10.0. The molecule has 1 aliphatic rings. The molecule has 1 aliphatic heterocycles. The number of nitrogens with one attached hydrogen (secondary N) is 3. The van der Waals surface area contributed by atoms with Crippen LogP contribution in [0.5, 0.6) is 0 Å². The molecule has 2 aromatic heterocycles. The lowest BCUT2D eigenvalue weighted by molar-refractivity contribution is -0.143. The largest absolute Gasteiger partial charge is 0.466 e. The number of amides is 2. The summed E-state index contributed by atoms with van der Waals surface area (Å²) >= 11 is 7.34. The Hall–Kier alpha value is -2.99. The second-order valence-electron chi connectivity index (χ2n) is 8.64. The number of H-pyrrole nitrogens is 1. The number of thiazole rings is 1. The Balaban J connectivity index is 1.51. The van der Waals surface area contributed by atoms with Crippen molar-refractivity contribution in [1.29, 1.82) is 0 Å². The molecule has 0 spiro atoms. The summed E-state index contributed by atoms with van der Waals surface area (Å²) in [6.45, 7) is 2.92. The van der Waals surface area contributed by atoms with E-state index in [4.69, 9.17) is 16.3 Å². The Morgan fingerprint density at radius 1 is 1.25 bits per heavy atom. The van der Waals surface area contributed by atoms with Crippen LogP contribution in [0.15, 0.2) is 24.3 Å². The van der Waals surface area contributed by atoms with E-state index in [1.54, 1.807) is 31.2 Å². The number of halogens is 1. The molecule has 2 amide bonds. The van der Waals surface area contributed by atoms with Gasteiger partial charge in [0.05, 0.1) is 37.4 Å². The van der Waals surface area contributed by atoms with Crippen LogP contribution in [0.25, 0.3) is 10.9 Å². The molecule has 12 heteroatoms. The zero-order valence-electron chi connectivity index (χ0n) is 20.0. The Bertz CT molecular complexity index is 1280. The number of hydrogen-bond acceptors (Lipinski definition) is 8. The van der Waals surface area contributed by atoms with Crippen LogP contribution < -0.4 is 10.6 Å². The summed E-state index contributed by atoms with van der Waals surface area (Å²) in [5, 5.41) is 17.2. The van der Waals surface area contributed by atoms with Crippen LogP contribution in [0.3, 0.4) is 0 Å². The predicted molar refractivity (Wildman–Crippen MR) is 136 cm³/mol. The second kappa shape index (κ2) is 11.4. The molecule has 0 fully saturated rings. The summed E-state index contributed by atoms with van der Waals surface area (Å²) in [5.41, 5.74) is 1.87. The van der Waals surface area contributed by atoms with Crippen LogP contribution in [0.1, 0.15) is 44.2 Å². The third-order valence-corrected chi connectivity index (χ3v) is 7.27. The van der Waals surface area contributed by atoms with Crippen molar-refractivity contribution in [3.05, 3.63) is 50.6 Å². The van der Waals surface area contributed by atoms with E-state index in [1.807, 2.05) is 7.05 Å². The maximum atomic E-state index is 13.1. The Labute approximate surface area is 217 Å². The second-order valence-corrected chi connectivity index (χ2v) is 10.2. The predicted octanol–water partition coefficient (Wildman–Crippen LogP) is 2.11. The maximum Gasteiger partial charge on any atom is 0.307 e. The minimum Gasteiger partial charge on any atom is -0.466 e. The van der Waals surface area contributed by atoms with Crippen molar-refractivity contribution >= 4 is 51.6 Å². The van der Waals surface area contributed by atoms with Gasteiger partial charge in [0, 0.05) is 40.3 Å². The van der Waals surface area contributed by atoms with Gasteiger partial charge in [0.1, 0.15) is 5.69 Å². The number of benzene rings is 1. The first-order valence-corrected chi connectivity index (χ1v) is 12.8. The number of aliphatic hydroxyl groups is 1. The van der Waals surface area contributed by atoms with E-state index in [9.17, 15) is 19.5 Å². The Kier molecular flexibility index (Phi) is 8.24. The minimum absolute atomic E-state index is 0.164. The average Bonchev–Trinajstić information content (AvgIpc) is 3.45. The fourth-order valence-electron chi connectivity index (χ4n) is 4.09. The molecule has 0 radical (unpaired) electrons. The summed E-state index contributed by atoms with van der Waals surface area (Å²) in [5.74, 6) is -1.54. The SMILES string of the molecule is CCOC(=O)CC(NC(=O)c1cc2cc(Cl)ccc2[nH]1)C(CO)NC(=O)c1nc2c(s1)CN(C)CC2. The van der Waals surface area contributed by atoms with E-state index in [-0.39, 0.29) is 23.7 Å². The topological polar surface area (TPSA) is 137 Å². The first-order valence-electron chi connectivity index (χ1n) is 11.6. The van der Waals surface area contributed by atoms with E-state index < -0.39 is 36.5 Å². The van der Waals surface area contributed by atoms with Gasteiger partial charge in [-0.1, -0.05) is 11.6 Å². The molecule has 2 unspecified atom stereocenters. The third-order valence-electron chi connectivity index (χ3n) is 5.95. The van der Waals surface area contributed by atoms with Crippen molar-refractivity contribution in [1.82, 2.24) is 25.5 Å². The quantitative estimate of drug-likeness (QED) is 0.309. The van der Waals surface area contributed by atoms with Crippen LogP contribution in [0.2, 0.25) is 5.02 Å². The molecule has 192 valence electrons. The lowest BCUT2D eigenvalue weighted by Gasteiger charge is -2.26. The highest BCUT2D eigenvalue weighted by Crippen LogP contribution is 2.25. The molecule has 1 aromatic carbocycles. The summed E-state index contributed by atoms with van der Waals surface area (Å²) < 4.78 is 5.05. The smallest absolute Gasteiger partial charge is 0.307 e. The molecule has 36 heavy (non-hydrogen) atoms. The molecule has 0 saturated carbocycles. The number of ether oxygens (including phenoxy) is 1. The van der Waals surface area contributed by atoms with Crippen molar-refractivity contribution < 1.29 is 24.2 Å². The van der Waals surface area contributed by atoms with Crippen LogP contribution in [-0.2, 0) is 22.5 Å². The van der Waals surface area contributed by atoms with E-state index in [0.717, 1.165) is 41.0 Å². The highest BCUT2D eigenvalue weighted by Gasteiger charge is 2.30. The molecule has 4 N–H and O–H groups in total. The summed E-state index contributed by atoms with van der Waals surface area (Å²) in [4.78, 5) is 49.0. The first kappa shape index (κ1) is 26.1. The Morgan fingerprint density at radius 3 is 2.78 bits per heavy atom. The molecule has 0 bridgehead atoms. The number of likely N-dealkylation sites (N-methyl/N-ethyl adjacent to an activating group) is 1. The minimum atomic E-state index is -0.951. The Morgan fingerprint density at radius 2 is 2.03 bits per heavy atom. The molecule has 3 aromatic rings. The van der Waals surface area contributed by atoms with Gasteiger partial charge in [-0.2, -0.15) is 0 Å². The van der Waals surface area contributed by atoms with E-state index >= 15 is 0 Å². The van der Waals surface area contributed by atoms with Crippen molar-refractivity contribution in [2.45, 2.75) is 38.4 Å². The highest BCUT2D eigenvalue weighted by molar-refractivity contribution is 7.13. The maximum absolute atomic E-state index is 13.1. The van der Waals surface area contributed by atoms with Crippen molar-refractivity contribution in [3.8, 4) is 0 Å². The first-order chi connectivity index (χ1) is 17.3. The monoisotopic (exact) mass is 533 g/mol. The standard InChI is InChI=1S/C24H28ClN5O5S/c1-3-35-21(32)10-17(27-22(33)18-9-13-8-14(25)4-5-15(13)26-18)19(12-31)28-23(34)24-29-16-6-7-30(2)11-20(16)36-24/h4-5,8-9,17,19,26,31H,3,6-7,10-12H2,1-2H3,(H,27,33)(H,28,34). The summed E-state index contributed by atoms with van der Waals surface area (Å²) in [6.07, 6.45) is 0.520. The van der Waals surface area contributed by atoms with Gasteiger partial charge in [-0.3, -0.25) is 14.4 Å². The van der Waals surface area contributed by atoms with Gasteiger partial charge in [0.2, 0.25) is 0 Å². The van der Waals surface area contributed by atoms with E-state index in [0.29, 0.717) is 5.02 Å². The van der Waals surface area contributed by atoms with Gasteiger partial charge in [0.15, 0.2) is 5.01 Å². The number of aliphatic hydroxyl groups excluding tert-OH is 1. The number of nitrogens with zero attached hydrogens (tertiary/aromatic N) is 2. The summed E-state index contributed by atoms with van der Waals surface area (Å²) in [7, 11) is 2.01. The van der Waals surface area contributed by atoms with Crippen LogP contribution >= 0.6 is 22.9 Å². The molecule has 0 saturated heterocycles. The number of fused-ring (bicyclic) bond motifs is 2. The van der Waals surface area contributed by atoms with E-state index in [2.05, 4.69) is 25.5 Å². The fourth-order valence-corrected chi connectivity index (χ4v) is 5.36. The van der Waals surface area contributed by atoms with Crippen molar-refractivity contribution in [2.24, 2.45) is 0 Å². The molecular weight excluding hydrogens is 506 g/mol.